The van der Waals surface area contributed by atoms with Gasteiger partial charge in [-0.1, -0.05) is 12.1 Å². The van der Waals surface area contributed by atoms with Crippen LogP contribution >= 0.6 is 0 Å². The van der Waals surface area contributed by atoms with Crippen molar-refractivity contribution in [2.75, 3.05) is 12.4 Å². The number of pyridine rings is 2. The molecule has 0 bridgehead atoms. The van der Waals surface area contributed by atoms with Gasteiger partial charge in [0.1, 0.15) is 17.1 Å². The molecular weight excluding hydrogens is 375 g/mol. The summed E-state index contributed by atoms with van der Waals surface area (Å²) in [5.74, 6) is 0.191. The molecule has 8 heteroatoms. The zero-order valence-corrected chi connectivity index (χ0v) is 15.7. The Hall–Kier alpha value is -3.94. The molecule has 0 aliphatic heterocycles. The highest BCUT2D eigenvalue weighted by molar-refractivity contribution is 6.03. The number of aryl methyl sites for hydroxylation is 1. The van der Waals surface area contributed by atoms with Crippen molar-refractivity contribution in [3.63, 3.8) is 0 Å². The topological polar surface area (TPSA) is 77.8 Å². The van der Waals surface area contributed by atoms with Gasteiger partial charge in [0.2, 0.25) is 11.8 Å². The van der Waals surface area contributed by atoms with Gasteiger partial charge in [-0.3, -0.25) is 9.20 Å². The maximum Gasteiger partial charge on any atom is 0.279 e. The molecule has 146 valence electrons. The number of anilines is 1. The smallest absolute Gasteiger partial charge is 0.279 e. The first-order valence-corrected chi connectivity index (χ1v) is 8.77. The highest BCUT2D eigenvalue weighted by atomic mass is 19.1. The number of hydrogen-bond donors (Lipinski definition) is 1. The largest absolute Gasteiger partial charge is 0.497 e. The third-order valence-electron chi connectivity index (χ3n) is 4.18. The molecule has 0 atom stereocenters. The normalized spacial score (nSPS) is 10.7. The number of rotatable bonds is 5. The number of ether oxygens (including phenoxy) is 2. The standard InChI is InChI=1S/C21H17FN4O3/c1-13-6-8-17-25-19(20(22)26(17)12-13)21(27)24-14-7-9-18(23-11-14)29-16-5-3-4-15(10-16)28-2/h3-12H,1-2H3,(H,24,27). The predicted octanol–water partition coefficient (Wildman–Crippen LogP) is 4.23. The first-order valence-electron chi connectivity index (χ1n) is 8.77. The number of carbonyl (C=O) groups is 1. The number of imidazole rings is 1. The predicted molar refractivity (Wildman–Crippen MR) is 105 cm³/mol. The average Bonchev–Trinajstić information content (AvgIpc) is 3.06. The lowest BCUT2D eigenvalue weighted by molar-refractivity contribution is 0.101. The number of hydrogen-bond acceptors (Lipinski definition) is 5. The number of carbonyl (C=O) groups excluding carboxylic acids is 1. The van der Waals surface area contributed by atoms with Gasteiger partial charge in [-0.25, -0.2) is 9.97 Å². The van der Waals surface area contributed by atoms with Gasteiger partial charge in [0.25, 0.3) is 5.91 Å². The molecule has 1 N–H and O–H groups in total. The van der Waals surface area contributed by atoms with Crippen LogP contribution in [0.25, 0.3) is 5.65 Å². The van der Waals surface area contributed by atoms with Crippen molar-refractivity contribution in [2.45, 2.75) is 6.92 Å². The molecule has 4 aromatic rings. The molecule has 3 heterocycles. The van der Waals surface area contributed by atoms with Gasteiger partial charge in [-0.2, -0.15) is 4.39 Å². The Kier molecular flexibility index (Phi) is 4.82. The molecule has 0 spiro atoms. The van der Waals surface area contributed by atoms with E-state index >= 15 is 0 Å². The summed E-state index contributed by atoms with van der Waals surface area (Å²) < 4.78 is 26.6. The second-order valence-corrected chi connectivity index (χ2v) is 6.31. The summed E-state index contributed by atoms with van der Waals surface area (Å²) >= 11 is 0. The van der Waals surface area contributed by atoms with E-state index < -0.39 is 11.9 Å². The maximum atomic E-state index is 14.5. The lowest BCUT2D eigenvalue weighted by Gasteiger charge is -2.07. The molecule has 1 amide bonds. The van der Waals surface area contributed by atoms with Crippen molar-refractivity contribution in [2.24, 2.45) is 0 Å². The van der Waals surface area contributed by atoms with Gasteiger partial charge >= 0.3 is 0 Å². The fourth-order valence-corrected chi connectivity index (χ4v) is 2.76. The Morgan fingerprint density at radius 3 is 2.72 bits per heavy atom. The quantitative estimate of drug-likeness (QED) is 0.550. The Labute approximate surface area is 165 Å². The van der Waals surface area contributed by atoms with Crippen LogP contribution in [0.5, 0.6) is 17.4 Å². The minimum atomic E-state index is -0.716. The summed E-state index contributed by atoms with van der Waals surface area (Å²) in [7, 11) is 1.57. The number of halogens is 1. The molecule has 4 rings (SSSR count). The van der Waals surface area contributed by atoms with E-state index in [0.29, 0.717) is 28.7 Å². The minimum Gasteiger partial charge on any atom is -0.497 e. The first kappa shape index (κ1) is 18.4. The van der Waals surface area contributed by atoms with Gasteiger partial charge in [0.05, 0.1) is 19.0 Å². The lowest BCUT2D eigenvalue weighted by Crippen LogP contribution is -2.14. The third kappa shape index (κ3) is 3.86. The number of aromatic nitrogens is 3. The van der Waals surface area contributed by atoms with Crippen LogP contribution in [0, 0.1) is 12.9 Å². The van der Waals surface area contributed by atoms with E-state index in [1.165, 1.54) is 10.6 Å². The Morgan fingerprint density at radius 1 is 1.14 bits per heavy atom. The molecule has 29 heavy (non-hydrogen) atoms. The summed E-state index contributed by atoms with van der Waals surface area (Å²) in [4.78, 5) is 20.7. The third-order valence-corrected chi connectivity index (χ3v) is 4.18. The molecule has 7 nitrogen and oxygen atoms in total. The molecular formula is C21H17FN4O3. The molecule has 0 saturated carbocycles. The van der Waals surface area contributed by atoms with E-state index in [1.54, 1.807) is 61.8 Å². The van der Waals surface area contributed by atoms with Crippen LogP contribution in [-0.4, -0.2) is 27.4 Å². The number of amides is 1. The number of fused-ring (bicyclic) bond motifs is 1. The molecule has 0 saturated heterocycles. The van der Waals surface area contributed by atoms with E-state index in [-0.39, 0.29) is 5.69 Å². The van der Waals surface area contributed by atoms with Crippen LogP contribution in [-0.2, 0) is 0 Å². The highest BCUT2D eigenvalue weighted by Crippen LogP contribution is 2.24. The molecule has 0 unspecified atom stereocenters. The van der Waals surface area contributed by atoms with E-state index in [4.69, 9.17) is 9.47 Å². The van der Waals surface area contributed by atoms with Crippen molar-refractivity contribution in [1.82, 2.24) is 14.4 Å². The zero-order chi connectivity index (χ0) is 20.4. The fraction of sp³-hybridized carbons (Fsp3) is 0.0952. The van der Waals surface area contributed by atoms with Crippen LogP contribution in [0.2, 0.25) is 0 Å². The van der Waals surface area contributed by atoms with Gasteiger partial charge < -0.3 is 14.8 Å². The summed E-state index contributed by atoms with van der Waals surface area (Å²) in [6, 6.07) is 13.8. The summed E-state index contributed by atoms with van der Waals surface area (Å²) in [5, 5.41) is 2.59. The van der Waals surface area contributed by atoms with Gasteiger partial charge in [-0.05, 0) is 36.8 Å². The van der Waals surface area contributed by atoms with Crippen molar-refractivity contribution in [1.29, 1.82) is 0 Å². The van der Waals surface area contributed by atoms with Gasteiger partial charge in [-0.15, -0.1) is 0 Å². The second kappa shape index (κ2) is 7.59. The first-order chi connectivity index (χ1) is 14.0. The second-order valence-electron chi connectivity index (χ2n) is 6.31. The van der Waals surface area contributed by atoms with Gasteiger partial charge in [0.15, 0.2) is 5.69 Å². The van der Waals surface area contributed by atoms with E-state index in [2.05, 4.69) is 15.3 Å². The number of methoxy groups -OCH3 is 1. The number of benzene rings is 1. The lowest BCUT2D eigenvalue weighted by atomic mass is 10.3. The van der Waals surface area contributed by atoms with Crippen LogP contribution < -0.4 is 14.8 Å². The average molecular weight is 392 g/mol. The SMILES string of the molecule is COc1cccc(Oc2ccc(NC(=O)c3nc4ccc(C)cn4c3F)cn2)c1. The maximum absolute atomic E-state index is 14.5. The summed E-state index contributed by atoms with van der Waals surface area (Å²) in [6.45, 7) is 1.83. The zero-order valence-electron chi connectivity index (χ0n) is 15.7. The van der Waals surface area contributed by atoms with Crippen LogP contribution in [0.3, 0.4) is 0 Å². The molecule has 0 aliphatic carbocycles. The van der Waals surface area contributed by atoms with Gasteiger partial charge in [0, 0.05) is 18.3 Å². The molecule has 1 aromatic carbocycles. The molecule has 3 aromatic heterocycles. The van der Waals surface area contributed by atoms with Crippen LogP contribution in [0.15, 0.2) is 60.9 Å². The van der Waals surface area contributed by atoms with Crippen molar-refractivity contribution in [3.8, 4) is 17.4 Å². The summed E-state index contributed by atoms with van der Waals surface area (Å²) in [6.07, 6.45) is 3.01. The van der Waals surface area contributed by atoms with Crippen LogP contribution in [0.4, 0.5) is 10.1 Å². The van der Waals surface area contributed by atoms with E-state index in [0.717, 1.165) is 5.56 Å². The number of nitrogens with zero attached hydrogens (tertiary/aromatic N) is 3. The molecule has 0 aliphatic rings. The van der Waals surface area contributed by atoms with E-state index in [1.807, 2.05) is 6.92 Å². The monoisotopic (exact) mass is 392 g/mol. The Balaban J connectivity index is 1.48. The Bertz CT molecular complexity index is 1190. The Morgan fingerprint density at radius 2 is 1.97 bits per heavy atom. The van der Waals surface area contributed by atoms with Crippen molar-refractivity contribution >= 4 is 17.2 Å². The number of nitrogens with one attached hydrogen (secondary N) is 1. The molecule has 0 radical (unpaired) electrons. The van der Waals surface area contributed by atoms with E-state index in [9.17, 15) is 9.18 Å². The minimum absolute atomic E-state index is 0.285. The molecule has 0 fully saturated rings. The van der Waals surface area contributed by atoms with Crippen molar-refractivity contribution in [3.05, 3.63) is 78.1 Å². The van der Waals surface area contributed by atoms with Crippen molar-refractivity contribution < 1.29 is 18.7 Å². The fourth-order valence-electron chi connectivity index (χ4n) is 2.76. The summed E-state index contributed by atoms with van der Waals surface area (Å²) in [5.41, 5.74) is 1.32. The highest BCUT2D eigenvalue weighted by Gasteiger charge is 2.19. The van der Waals surface area contributed by atoms with Crippen LogP contribution in [0.1, 0.15) is 16.1 Å².